The highest BCUT2D eigenvalue weighted by Crippen LogP contribution is 2.36. The summed E-state index contributed by atoms with van der Waals surface area (Å²) in [5, 5.41) is 4.69. The lowest BCUT2D eigenvalue weighted by molar-refractivity contribution is 0.0453. The number of carbonyl (C=O) groups is 1. The summed E-state index contributed by atoms with van der Waals surface area (Å²) in [4.78, 5) is 28.5. The van der Waals surface area contributed by atoms with Gasteiger partial charge in [0.15, 0.2) is 6.10 Å². The van der Waals surface area contributed by atoms with E-state index in [-0.39, 0.29) is 5.56 Å². The number of nitrogens with zero attached hydrogens (tertiary/aromatic N) is 1. The number of aryl methyl sites for hydroxylation is 1. The number of hydrogen-bond acceptors (Lipinski definition) is 3. The molecule has 8 heteroatoms. The zero-order valence-electron chi connectivity index (χ0n) is 14.5. The van der Waals surface area contributed by atoms with Crippen LogP contribution >= 0.6 is 23.2 Å². The van der Waals surface area contributed by atoms with Gasteiger partial charge in [0.05, 0.1) is 26.7 Å². The molecule has 0 amide bonds. The summed E-state index contributed by atoms with van der Waals surface area (Å²) < 4.78 is 6.88. The fraction of sp³-hybridized carbons (Fsp3) is 0.100. The van der Waals surface area contributed by atoms with E-state index in [4.69, 9.17) is 27.9 Å². The van der Waals surface area contributed by atoms with E-state index < -0.39 is 12.1 Å². The molecule has 0 fully saturated rings. The summed E-state index contributed by atoms with van der Waals surface area (Å²) in [6.07, 6.45) is -0.740. The Labute approximate surface area is 168 Å². The summed E-state index contributed by atoms with van der Waals surface area (Å²) in [5.74, 6) is 0.0790. The van der Waals surface area contributed by atoms with Gasteiger partial charge in [-0.3, -0.25) is 9.89 Å². The second-order valence-corrected chi connectivity index (χ2v) is 7.43. The molecular weight excluding hydrogens is 401 g/mol. The quantitative estimate of drug-likeness (QED) is 0.474. The first-order valence-corrected chi connectivity index (χ1v) is 9.30. The van der Waals surface area contributed by atoms with Gasteiger partial charge in [0.25, 0.3) is 5.56 Å². The summed E-state index contributed by atoms with van der Waals surface area (Å²) in [7, 11) is 0. The SMILES string of the molecule is Cc1[nH]n(-c2cc3ccc(Cl)c(Cl)c3[nH]2)c(=O)c1C1OC(=O)c2ccccc21. The number of nitrogens with one attached hydrogen (secondary N) is 2. The Balaban J connectivity index is 1.67. The van der Waals surface area contributed by atoms with Crippen molar-refractivity contribution < 1.29 is 9.53 Å². The second-order valence-electron chi connectivity index (χ2n) is 6.64. The molecule has 5 rings (SSSR count). The van der Waals surface area contributed by atoms with Gasteiger partial charge in [-0.25, -0.2) is 9.48 Å². The number of ether oxygens (including phenoxy) is 1. The molecule has 2 aromatic heterocycles. The van der Waals surface area contributed by atoms with Crippen molar-refractivity contribution in [3.05, 3.63) is 85.2 Å². The van der Waals surface area contributed by atoms with Crippen LogP contribution in [0.25, 0.3) is 16.7 Å². The number of aromatic amines is 2. The molecule has 1 aliphatic rings. The fourth-order valence-electron chi connectivity index (χ4n) is 3.64. The molecular formula is C20H13Cl2N3O3. The molecule has 1 unspecified atom stereocenters. The maximum atomic E-state index is 13.2. The van der Waals surface area contributed by atoms with E-state index in [1.165, 1.54) is 4.68 Å². The van der Waals surface area contributed by atoms with Crippen molar-refractivity contribution in [2.45, 2.75) is 13.0 Å². The van der Waals surface area contributed by atoms with Gasteiger partial charge in [-0.05, 0) is 25.1 Å². The first kappa shape index (κ1) is 17.2. The molecule has 4 aromatic rings. The molecule has 0 saturated carbocycles. The van der Waals surface area contributed by atoms with E-state index in [9.17, 15) is 9.59 Å². The van der Waals surface area contributed by atoms with E-state index in [2.05, 4.69) is 10.1 Å². The van der Waals surface area contributed by atoms with Gasteiger partial charge in [0.1, 0.15) is 5.82 Å². The molecule has 1 atom stereocenters. The maximum absolute atomic E-state index is 13.2. The normalized spacial score (nSPS) is 15.8. The van der Waals surface area contributed by atoms with Crippen molar-refractivity contribution in [2.75, 3.05) is 0 Å². The molecule has 6 nitrogen and oxygen atoms in total. The lowest BCUT2D eigenvalue weighted by Gasteiger charge is -2.08. The average Bonchev–Trinajstić information content (AvgIpc) is 3.33. The number of hydrogen-bond donors (Lipinski definition) is 2. The minimum Gasteiger partial charge on any atom is -0.449 e. The number of carbonyl (C=O) groups excluding carboxylic acids is 1. The molecule has 0 spiro atoms. The van der Waals surface area contributed by atoms with Crippen LogP contribution in [0, 0.1) is 6.92 Å². The Bertz CT molecular complexity index is 1330. The summed E-state index contributed by atoms with van der Waals surface area (Å²) in [6, 6.07) is 12.4. The Morgan fingerprint density at radius 2 is 1.89 bits per heavy atom. The highest BCUT2D eigenvalue weighted by Gasteiger charge is 2.36. The molecule has 2 aromatic carbocycles. The van der Waals surface area contributed by atoms with Crippen molar-refractivity contribution in [2.24, 2.45) is 0 Å². The van der Waals surface area contributed by atoms with Crippen molar-refractivity contribution in [3.8, 4) is 5.82 Å². The van der Waals surface area contributed by atoms with Crippen LogP contribution in [0.5, 0.6) is 0 Å². The topological polar surface area (TPSA) is 79.9 Å². The second kappa shape index (κ2) is 6.02. The Hall–Kier alpha value is -2.96. The minimum absolute atomic E-state index is 0.305. The third kappa shape index (κ3) is 2.35. The standard InChI is InChI=1S/C20H13Cl2N3O3/c1-9-15(18-11-4-2-3-5-12(11)20(27)28-18)19(26)25(24-9)14-8-10-6-7-13(21)16(22)17(10)23-14/h2-8,18,23-24H,1H3. The Morgan fingerprint density at radius 3 is 2.71 bits per heavy atom. The Morgan fingerprint density at radius 1 is 1.11 bits per heavy atom. The first-order valence-electron chi connectivity index (χ1n) is 8.54. The van der Waals surface area contributed by atoms with E-state index in [1.54, 1.807) is 37.3 Å². The van der Waals surface area contributed by atoms with E-state index in [0.717, 1.165) is 5.39 Å². The smallest absolute Gasteiger partial charge is 0.339 e. The van der Waals surface area contributed by atoms with Crippen molar-refractivity contribution >= 4 is 40.1 Å². The molecule has 0 saturated heterocycles. The average molecular weight is 414 g/mol. The van der Waals surface area contributed by atoms with Gasteiger partial charge in [0, 0.05) is 16.6 Å². The van der Waals surface area contributed by atoms with Gasteiger partial charge < -0.3 is 9.72 Å². The van der Waals surface area contributed by atoms with Crippen LogP contribution in [0.4, 0.5) is 0 Å². The number of aromatic nitrogens is 3. The molecule has 0 bridgehead atoms. The molecule has 28 heavy (non-hydrogen) atoms. The van der Waals surface area contributed by atoms with Crippen molar-refractivity contribution in [3.63, 3.8) is 0 Å². The predicted molar refractivity (Wildman–Crippen MR) is 107 cm³/mol. The van der Waals surface area contributed by atoms with Crippen LogP contribution in [-0.2, 0) is 4.74 Å². The number of benzene rings is 2. The zero-order chi connectivity index (χ0) is 19.6. The molecule has 140 valence electrons. The third-order valence-electron chi connectivity index (χ3n) is 4.98. The number of rotatable bonds is 2. The van der Waals surface area contributed by atoms with Gasteiger partial charge >= 0.3 is 5.97 Å². The van der Waals surface area contributed by atoms with E-state index in [1.807, 2.05) is 12.1 Å². The Kier molecular flexibility index (Phi) is 3.69. The van der Waals surface area contributed by atoms with Crippen LogP contribution < -0.4 is 5.56 Å². The molecule has 2 N–H and O–H groups in total. The number of cyclic esters (lactones) is 1. The van der Waals surface area contributed by atoms with E-state index in [0.29, 0.717) is 43.8 Å². The minimum atomic E-state index is -0.740. The van der Waals surface area contributed by atoms with Crippen LogP contribution in [0.3, 0.4) is 0 Å². The van der Waals surface area contributed by atoms with Gasteiger partial charge in [0.2, 0.25) is 0 Å². The summed E-state index contributed by atoms with van der Waals surface area (Å²) >= 11 is 12.3. The predicted octanol–water partition coefficient (Wildman–Crippen LogP) is 4.52. The third-order valence-corrected chi connectivity index (χ3v) is 5.78. The fourth-order valence-corrected chi connectivity index (χ4v) is 4.02. The molecule has 0 radical (unpaired) electrons. The number of halogens is 2. The molecule has 1 aliphatic heterocycles. The maximum Gasteiger partial charge on any atom is 0.339 e. The largest absolute Gasteiger partial charge is 0.449 e. The highest BCUT2D eigenvalue weighted by atomic mass is 35.5. The monoisotopic (exact) mass is 413 g/mol. The lowest BCUT2D eigenvalue weighted by Crippen LogP contribution is -2.20. The van der Waals surface area contributed by atoms with Gasteiger partial charge in [-0.15, -0.1) is 0 Å². The van der Waals surface area contributed by atoms with Gasteiger partial charge in [-0.2, -0.15) is 0 Å². The van der Waals surface area contributed by atoms with Gasteiger partial charge in [-0.1, -0.05) is 47.5 Å². The lowest BCUT2D eigenvalue weighted by atomic mass is 10.00. The van der Waals surface area contributed by atoms with Crippen molar-refractivity contribution in [1.29, 1.82) is 0 Å². The zero-order valence-corrected chi connectivity index (χ0v) is 16.1. The number of H-pyrrole nitrogens is 2. The van der Waals surface area contributed by atoms with Crippen LogP contribution in [0.15, 0.2) is 47.3 Å². The van der Waals surface area contributed by atoms with Crippen LogP contribution in [-0.4, -0.2) is 20.7 Å². The highest BCUT2D eigenvalue weighted by molar-refractivity contribution is 6.45. The number of esters is 1. The van der Waals surface area contributed by atoms with Crippen molar-refractivity contribution in [1.82, 2.24) is 14.8 Å². The summed E-state index contributed by atoms with van der Waals surface area (Å²) in [6.45, 7) is 1.77. The van der Waals surface area contributed by atoms with E-state index >= 15 is 0 Å². The van der Waals surface area contributed by atoms with Crippen LogP contribution in [0.1, 0.15) is 33.3 Å². The van der Waals surface area contributed by atoms with Crippen LogP contribution in [0.2, 0.25) is 10.0 Å². The number of fused-ring (bicyclic) bond motifs is 2. The first-order chi connectivity index (χ1) is 13.5. The molecule has 0 aliphatic carbocycles. The molecule has 3 heterocycles. The summed E-state index contributed by atoms with van der Waals surface area (Å²) in [5.41, 5.74) is 2.50.